The van der Waals surface area contributed by atoms with Crippen molar-refractivity contribution in [2.75, 3.05) is 4.90 Å². The standard InChI is InChI=1S/C52H34N2S/c1-2-15-43-35(11-1)12-10-19-44(43)36-23-26-39(27-24-36)53(40-28-30-41(31-29-40)54-49-20-6-3-16-45(49)46-17-4-7-21-50(46)54)42-14-9-13-37(33-42)38-25-32-48-47-18-5-8-22-51(47)55-52(48)34-38/h1-34H. The van der Waals surface area contributed by atoms with Crippen LogP contribution in [-0.2, 0) is 0 Å². The minimum Gasteiger partial charge on any atom is -0.310 e. The van der Waals surface area contributed by atoms with E-state index in [0.717, 1.165) is 22.7 Å². The molecular weight excluding hydrogens is 685 g/mol. The highest BCUT2D eigenvalue weighted by Crippen LogP contribution is 2.41. The zero-order chi connectivity index (χ0) is 36.3. The lowest BCUT2D eigenvalue weighted by atomic mass is 9.98. The molecule has 0 bridgehead atoms. The highest BCUT2D eigenvalue weighted by Gasteiger charge is 2.17. The van der Waals surface area contributed by atoms with Crippen molar-refractivity contribution in [2.24, 2.45) is 0 Å². The summed E-state index contributed by atoms with van der Waals surface area (Å²) in [4.78, 5) is 2.38. The van der Waals surface area contributed by atoms with Gasteiger partial charge in [-0.2, -0.15) is 0 Å². The third-order valence-electron chi connectivity index (χ3n) is 11.0. The lowest BCUT2D eigenvalue weighted by Gasteiger charge is -2.26. The Morgan fingerprint density at radius 1 is 0.345 bits per heavy atom. The minimum atomic E-state index is 1.10. The van der Waals surface area contributed by atoms with E-state index in [0.29, 0.717) is 0 Å². The number of hydrogen-bond donors (Lipinski definition) is 0. The van der Waals surface area contributed by atoms with Crippen LogP contribution in [0.3, 0.4) is 0 Å². The molecule has 0 unspecified atom stereocenters. The predicted molar refractivity (Wildman–Crippen MR) is 237 cm³/mol. The summed E-state index contributed by atoms with van der Waals surface area (Å²) >= 11 is 1.86. The number of rotatable bonds is 6. The van der Waals surface area contributed by atoms with E-state index in [1.165, 1.54) is 75.0 Å². The third kappa shape index (κ3) is 5.32. The van der Waals surface area contributed by atoms with Crippen LogP contribution in [0.5, 0.6) is 0 Å². The fraction of sp³-hybridized carbons (Fsp3) is 0. The Kier molecular flexibility index (Phi) is 7.39. The van der Waals surface area contributed by atoms with Gasteiger partial charge in [0.1, 0.15) is 0 Å². The number of hydrogen-bond acceptors (Lipinski definition) is 2. The second kappa shape index (κ2) is 12.9. The van der Waals surface area contributed by atoms with Crippen molar-refractivity contribution >= 4 is 81.1 Å². The summed E-state index contributed by atoms with van der Waals surface area (Å²) in [5, 5.41) is 7.68. The number of anilines is 3. The first-order valence-corrected chi connectivity index (χ1v) is 19.6. The molecule has 0 atom stereocenters. The fourth-order valence-electron chi connectivity index (χ4n) is 8.40. The molecule has 0 aliphatic heterocycles. The van der Waals surface area contributed by atoms with E-state index in [4.69, 9.17) is 0 Å². The SMILES string of the molecule is c1cc(-c2ccc3c(c2)sc2ccccc23)cc(N(c2ccc(-c3cccc4ccccc34)cc2)c2ccc(-n3c4ccccc4c4ccccc43)cc2)c1. The largest absolute Gasteiger partial charge is 0.310 e. The summed E-state index contributed by atoms with van der Waals surface area (Å²) in [6.45, 7) is 0. The van der Waals surface area contributed by atoms with E-state index in [1.54, 1.807) is 0 Å². The molecule has 2 aromatic heterocycles. The van der Waals surface area contributed by atoms with Gasteiger partial charge in [0.15, 0.2) is 0 Å². The number of aromatic nitrogens is 1. The van der Waals surface area contributed by atoms with Gasteiger partial charge >= 0.3 is 0 Å². The van der Waals surface area contributed by atoms with Crippen LogP contribution in [0, 0.1) is 0 Å². The molecule has 0 aliphatic carbocycles. The molecule has 11 aromatic rings. The van der Waals surface area contributed by atoms with Crippen LogP contribution in [0.1, 0.15) is 0 Å². The van der Waals surface area contributed by atoms with E-state index < -0.39 is 0 Å². The molecular formula is C52H34N2S. The first-order chi connectivity index (χ1) is 27.3. The molecule has 0 saturated carbocycles. The van der Waals surface area contributed by atoms with Gasteiger partial charge in [-0.05, 0) is 106 Å². The maximum atomic E-state index is 2.38. The molecule has 55 heavy (non-hydrogen) atoms. The van der Waals surface area contributed by atoms with Crippen LogP contribution in [-0.4, -0.2) is 4.57 Å². The summed E-state index contributed by atoms with van der Waals surface area (Å²) in [6.07, 6.45) is 0. The summed E-state index contributed by atoms with van der Waals surface area (Å²) < 4.78 is 5.01. The second-order valence-corrected chi connectivity index (χ2v) is 15.2. The quantitative estimate of drug-likeness (QED) is 0.166. The Hall–Kier alpha value is -6.94. The Morgan fingerprint density at radius 2 is 0.909 bits per heavy atom. The van der Waals surface area contributed by atoms with Crippen LogP contribution in [0.25, 0.3) is 80.7 Å². The lowest BCUT2D eigenvalue weighted by Crippen LogP contribution is -2.10. The van der Waals surface area contributed by atoms with Crippen LogP contribution >= 0.6 is 11.3 Å². The van der Waals surface area contributed by atoms with Crippen molar-refractivity contribution < 1.29 is 0 Å². The Labute approximate surface area is 323 Å². The normalized spacial score (nSPS) is 11.6. The van der Waals surface area contributed by atoms with Crippen LogP contribution in [0.2, 0.25) is 0 Å². The third-order valence-corrected chi connectivity index (χ3v) is 12.1. The molecule has 0 amide bonds. The number of benzene rings is 9. The topological polar surface area (TPSA) is 8.17 Å². The van der Waals surface area contributed by atoms with Crippen molar-refractivity contribution in [3.05, 3.63) is 206 Å². The smallest absolute Gasteiger partial charge is 0.0541 e. The second-order valence-electron chi connectivity index (χ2n) is 14.2. The van der Waals surface area contributed by atoms with Gasteiger partial charge in [0.05, 0.1) is 11.0 Å². The molecule has 3 heteroatoms. The van der Waals surface area contributed by atoms with E-state index in [2.05, 4.69) is 216 Å². The van der Waals surface area contributed by atoms with Gasteiger partial charge in [0, 0.05) is 53.7 Å². The zero-order valence-electron chi connectivity index (χ0n) is 29.9. The van der Waals surface area contributed by atoms with Gasteiger partial charge in [-0.1, -0.05) is 133 Å². The maximum absolute atomic E-state index is 2.38. The Balaban J connectivity index is 1.03. The lowest BCUT2D eigenvalue weighted by molar-refractivity contribution is 1.17. The molecule has 9 aromatic carbocycles. The molecule has 258 valence electrons. The van der Waals surface area contributed by atoms with Crippen LogP contribution < -0.4 is 4.90 Å². The van der Waals surface area contributed by atoms with Gasteiger partial charge < -0.3 is 9.47 Å². The van der Waals surface area contributed by atoms with E-state index in [-0.39, 0.29) is 0 Å². The molecule has 0 radical (unpaired) electrons. The number of para-hydroxylation sites is 2. The van der Waals surface area contributed by atoms with Crippen molar-refractivity contribution in [3.8, 4) is 27.9 Å². The van der Waals surface area contributed by atoms with Gasteiger partial charge in [0.25, 0.3) is 0 Å². The van der Waals surface area contributed by atoms with Crippen molar-refractivity contribution in [3.63, 3.8) is 0 Å². The fourth-order valence-corrected chi connectivity index (χ4v) is 9.54. The first kappa shape index (κ1) is 31.6. The van der Waals surface area contributed by atoms with E-state index >= 15 is 0 Å². The molecule has 11 rings (SSSR count). The van der Waals surface area contributed by atoms with Crippen LogP contribution in [0.4, 0.5) is 17.1 Å². The average Bonchev–Trinajstić information content (AvgIpc) is 3.80. The monoisotopic (exact) mass is 718 g/mol. The average molecular weight is 719 g/mol. The van der Waals surface area contributed by atoms with Gasteiger partial charge in [-0.25, -0.2) is 0 Å². The molecule has 0 aliphatic rings. The van der Waals surface area contributed by atoms with Crippen molar-refractivity contribution in [1.82, 2.24) is 4.57 Å². The molecule has 0 N–H and O–H groups in total. The molecule has 2 heterocycles. The molecule has 2 nitrogen and oxygen atoms in total. The van der Waals surface area contributed by atoms with E-state index in [1.807, 2.05) is 11.3 Å². The van der Waals surface area contributed by atoms with Crippen LogP contribution in [0.15, 0.2) is 206 Å². The highest BCUT2D eigenvalue weighted by atomic mass is 32.1. The minimum absolute atomic E-state index is 1.10. The summed E-state index contributed by atoms with van der Waals surface area (Å²) in [5.41, 5.74) is 11.7. The summed E-state index contributed by atoms with van der Waals surface area (Å²) in [6, 6.07) is 75.2. The number of fused-ring (bicyclic) bond motifs is 7. The number of nitrogens with zero attached hydrogens (tertiary/aromatic N) is 2. The van der Waals surface area contributed by atoms with Gasteiger partial charge in [-0.15, -0.1) is 11.3 Å². The summed E-state index contributed by atoms with van der Waals surface area (Å²) in [7, 11) is 0. The molecule has 0 spiro atoms. The Morgan fingerprint density at radius 3 is 1.67 bits per heavy atom. The van der Waals surface area contributed by atoms with Crippen molar-refractivity contribution in [2.45, 2.75) is 0 Å². The maximum Gasteiger partial charge on any atom is 0.0541 e. The highest BCUT2D eigenvalue weighted by molar-refractivity contribution is 7.25. The molecule has 0 fully saturated rings. The van der Waals surface area contributed by atoms with Crippen molar-refractivity contribution in [1.29, 1.82) is 0 Å². The number of thiophene rings is 1. The van der Waals surface area contributed by atoms with Gasteiger partial charge in [-0.3, -0.25) is 0 Å². The summed E-state index contributed by atoms with van der Waals surface area (Å²) in [5.74, 6) is 0. The van der Waals surface area contributed by atoms with Gasteiger partial charge in [0.2, 0.25) is 0 Å². The predicted octanol–water partition coefficient (Wildman–Crippen LogP) is 15.1. The first-order valence-electron chi connectivity index (χ1n) is 18.8. The Bertz CT molecular complexity index is 3150. The zero-order valence-corrected chi connectivity index (χ0v) is 30.7. The molecule has 0 saturated heterocycles. The van der Waals surface area contributed by atoms with E-state index in [9.17, 15) is 0 Å².